The van der Waals surface area contributed by atoms with Crippen LogP contribution in [-0.2, 0) is 16.2 Å². The van der Waals surface area contributed by atoms with E-state index in [1.807, 2.05) is 0 Å². The molecule has 0 amide bonds. The molecular formula is C9H10F3NO3S. The monoisotopic (exact) mass is 269 g/mol. The van der Waals surface area contributed by atoms with E-state index in [4.69, 9.17) is 5.14 Å². The molecule has 1 rings (SSSR count). The van der Waals surface area contributed by atoms with Crippen molar-refractivity contribution in [2.75, 3.05) is 5.75 Å². The summed E-state index contributed by atoms with van der Waals surface area (Å²) >= 11 is 0. The Morgan fingerprint density at radius 3 is 2.06 bits per heavy atom. The van der Waals surface area contributed by atoms with E-state index in [0.29, 0.717) is 0 Å². The third-order valence-electron chi connectivity index (χ3n) is 2.01. The highest BCUT2D eigenvalue weighted by Crippen LogP contribution is 2.29. The lowest BCUT2D eigenvalue weighted by Gasteiger charge is -2.11. The molecule has 0 aromatic heterocycles. The molecule has 8 heteroatoms. The molecule has 0 saturated heterocycles. The molecule has 1 unspecified atom stereocenters. The van der Waals surface area contributed by atoms with Crippen LogP contribution in [0.5, 0.6) is 0 Å². The molecule has 1 aromatic rings. The summed E-state index contributed by atoms with van der Waals surface area (Å²) in [5, 5.41) is 14.1. The van der Waals surface area contributed by atoms with Gasteiger partial charge >= 0.3 is 6.18 Å². The highest BCUT2D eigenvalue weighted by Gasteiger charge is 2.30. The minimum absolute atomic E-state index is 0.0621. The van der Waals surface area contributed by atoms with Crippen molar-refractivity contribution in [2.24, 2.45) is 5.14 Å². The van der Waals surface area contributed by atoms with E-state index in [9.17, 15) is 26.7 Å². The zero-order chi connectivity index (χ0) is 13.3. The summed E-state index contributed by atoms with van der Waals surface area (Å²) in [7, 11) is -3.88. The van der Waals surface area contributed by atoms with Crippen molar-refractivity contribution in [1.82, 2.24) is 0 Å². The molecule has 3 N–H and O–H groups in total. The van der Waals surface area contributed by atoms with E-state index >= 15 is 0 Å². The van der Waals surface area contributed by atoms with Crippen LogP contribution in [0.1, 0.15) is 17.2 Å². The van der Waals surface area contributed by atoms with Crippen LogP contribution in [0.25, 0.3) is 0 Å². The van der Waals surface area contributed by atoms with Gasteiger partial charge in [-0.2, -0.15) is 13.2 Å². The van der Waals surface area contributed by atoms with Gasteiger partial charge in [0.1, 0.15) is 0 Å². The molecular weight excluding hydrogens is 259 g/mol. The van der Waals surface area contributed by atoms with Crippen molar-refractivity contribution in [3.63, 3.8) is 0 Å². The molecule has 96 valence electrons. The molecule has 0 spiro atoms. The number of rotatable bonds is 3. The summed E-state index contributed by atoms with van der Waals surface area (Å²) in [6.45, 7) is 0. The highest BCUT2D eigenvalue weighted by molar-refractivity contribution is 7.89. The van der Waals surface area contributed by atoms with Crippen LogP contribution >= 0.6 is 0 Å². The molecule has 4 nitrogen and oxygen atoms in total. The second-order valence-electron chi connectivity index (χ2n) is 3.47. The first-order chi connectivity index (χ1) is 7.59. The summed E-state index contributed by atoms with van der Waals surface area (Å²) in [5.74, 6) is -0.738. The highest BCUT2D eigenvalue weighted by atomic mass is 32.2. The van der Waals surface area contributed by atoms with Crippen molar-refractivity contribution in [3.8, 4) is 0 Å². The maximum atomic E-state index is 12.2. The van der Waals surface area contributed by atoms with Crippen LogP contribution in [0.4, 0.5) is 13.2 Å². The smallest absolute Gasteiger partial charge is 0.387 e. The Hall–Kier alpha value is -1.12. The van der Waals surface area contributed by atoms with Gasteiger partial charge in [-0.3, -0.25) is 0 Å². The van der Waals surface area contributed by atoms with E-state index in [-0.39, 0.29) is 5.56 Å². The van der Waals surface area contributed by atoms with E-state index in [0.717, 1.165) is 24.3 Å². The molecule has 0 radical (unpaired) electrons. The zero-order valence-corrected chi connectivity index (χ0v) is 9.29. The van der Waals surface area contributed by atoms with E-state index in [1.165, 1.54) is 0 Å². The van der Waals surface area contributed by atoms with Gasteiger partial charge in [-0.15, -0.1) is 0 Å². The SMILES string of the molecule is NS(=O)(=O)CC(O)c1ccc(C(F)(F)F)cc1. The Labute approximate surface area is 95.9 Å². The summed E-state index contributed by atoms with van der Waals surface area (Å²) in [4.78, 5) is 0. The Morgan fingerprint density at radius 2 is 1.71 bits per heavy atom. The molecule has 1 aromatic carbocycles. The van der Waals surface area contributed by atoms with E-state index in [2.05, 4.69) is 0 Å². The zero-order valence-electron chi connectivity index (χ0n) is 8.48. The van der Waals surface area contributed by atoms with Crippen LogP contribution < -0.4 is 5.14 Å². The molecule has 0 aliphatic heterocycles. The van der Waals surface area contributed by atoms with E-state index in [1.54, 1.807) is 0 Å². The standard InChI is InChI=1S/C9H10F3NO3S/c10-9(11,12)7-3-1-6(2-4-7)8(14)5-17(13,15)16/h1-4,8,14H,5H2,(H2,13,15,16). The van der Waals surface area contributed by atoms with Crippen molar-refractivity contribution in [1.29, 1.82) is 0 Å². The Bertz CT molecular complexity index is 481. The Balaban J connectivity index is 2.88. The topological polar surface area (TPSA) is 80.4 Å². The minimum atomic E-state index is -4.47. The molecule has 0 aliphatic carbocycles. The van der Waals surface area contributed by atoms with Gasteiger partial charge in [-0.25, -0.2) is 13.6 Å². The number of aliphatic hydroxyl groups excluding tert-OH is 1. The number of hydrogen-bond donors (Lipinski definition) is 2. The normalized spacial score (nSPS) is 14.6. The van der Waals surface area contributed by atoms with Gasteiger partial charge in [0.15, 0.2) is 0 Å². The summed E-state index contributed by atoms with van der Waals surface area (Å²) < 4.78 is 58.0. The number of halogens is 3. The van der Waals surface area contributed by atoms with Crippen molar-refractivity contribution in [2.45, 2.75) is 12.3 Å². The van der Waals surface area contributed by atoms with Crippen molar-refractivity contribution in [3.05, 3.63) is 35.4 Å². The predicted octanol–water partition coefficient (Wildman–Crippen LogP) is 1.03. The fourth-order valence-electron chi connectivity index (χ4n) is 1.21. The number of primary sulfonamides is 1. The van der Waals surface area contributed by atoms with Crippen LogP contribution in [-0.4, -0.2) is 19.3 Å². The average Bonchev–Trinajstić information content (AvgIpc) is 2.14. The largest absolute Gasteiger partial charge is 0.416 e. The van der Waals surface area contributed by atoms with Gasteiger partial charge in [-0.1, -0.05) is 12.1 Å². The van der Waals surface area contributed by atoms with Gasteiger partial charge in [0.05, 0.1) is 17.4 Å². The fraction of sp³-hybridized carbons (Fsp3) is 0.333. The van der Waals surface area contributed by atoms with Crippen molar-refractivity contribution >= 4 is 10.0 Å². The van der Waals surface area contributed by atoms with Crippen LogP contribution in [0, 0.1) is 0 Å². The fourth-order valence-corrected chi connectivity index (χ4v) is 1.84. The third-order valence-corrected chi connectivity index (χ3v) is 2.79. The van der Waals surface area contributed by atoms with Gasteiger partial charge in [-0.05, 0) is 17.7 Å². The van der Waals surface area contributed by atoms with Gasteiger partial charge in [0.2, 0.25) is 10.0 Å². The van der Waals surface area contributed by atoms with Gasteiger partial charge in [0, 0.05) is 0 Å². The number of nitrogens with two attached hydrogens (primary N) is 1. The van der Waals surface area contributed by atoms with E-state index < -0.39 is 33.6 Å². The minimum Gasteiger partial charge on any atom is -0.387 e. The molecule has 0 heterocycles. The molecule has 17 heavy (non-hydrogen) atoms. The maximum absolute atomic E-state index is 12.2. The lowest BCUT2D eigenvalue weighted by atomic mass is 10.1. The third kappa shape index (κ3) is 4.33. The Kier molecular flexibility index (Phi) is 3.80. The van der Waals surface area contributed by atoms with Crippen LogP contribution in [0.3, 0.4) is 0 Å². The first kappa shape index (κ1) is 13.9. The number of alkyl halides is 3. The summed E-state index contributed by atoms with van der Waals surface area (Å²) in [6, 6.07) is 3.56. The molecule has 1 atom stereocenters. The van der Waals surface area contributed by atoms with Crippen LogP contribution in [0.2, 0.25) is 0 Å². The van der Waals surface area contributed by atoms with Gasteiger partial charge in [0.25, 0.3) is 0 Å². The lowest BCUT2D eigenvalue weighted by Crippen LogP contribution is -2.21. The molecule has 0 aliphatic rings. The number of benzene rings is 1. The maximum Gasteiger partial charge on any atom is 0.416 e. The first-order valence-electron chi connectivity index (χ1n) is 4.45. The lowest BCUT2D eigenvalue weighted by molar-refractivity contribution is -0.137. The summed E-state index contributed by atoms with van der Waals surface area (Å²) in [6.07, 6.45) is -5.91. The quantitative estimate of drug-likeness (QED) is 0.860. The number of hydrogen-bond acceptors (Lipinski definition) is 3. The molecule has 0 fully saturated rings. The summed E-state index contributed by atoms with van der Waals surface area (Å²) in [5.41, 5.74) is -0.809. The van der Waals surface area contributed by atoms with Crippen LogP contribution in [0.15, 0.2) is 24.3 Å². The predicted molar refractivity (Wildman–Crippen MR) is 54.4 cm³/mol. The average molecular weight is 269 g/mol. The number of sulfonamides is 1. The molecule has 0 saturated carbocycles. The second-order valence-corrected chi connectivity index (χ2v) is 5.12. The number of aliphatic hydroxyl groups is 1. The first-order valence-corrected chi connectivity index (χ1v) is 6.17. The Morgan fingerprint density at radius 1 is 1.24 bits per heavy atom. The van der Waals surface area contributed by atoms with Crippen molar-refractivity contribution < 1.29 is 26.7 Å². The second kappa shape index (κ2) is 4.63. The molecule has 0 bridgehead atoms. The van der Waals surface area contributed by atoms with Gasteiger partial charge < -0.3 is 5.11 Å².